The SMILES string of the molecule is COc1ccc(OC)c(CN(CC(=O)NC(=O)NC2CC2)C2CC2)c1. The Morgan fingerprint density at radius 1 is 1.16 bits per heavy atom. The van der Waals surface area contributed by atoms with Gasteiger partial charge >= 0.3 is 6.03 Å². The quantitative estimate of drug-likeness (QED) is 0.748. The van der Waals surface area contributed by atoms with Crippen molar-refractivity contribution in [3.8, 4) is 11.5 Å². The molecule has 25 heavy (non-hydrogen) atoms. The average molecular weight is 347 g/mol. The number of rotatable bonds is 8. The lowest BCUT2D eigenvalue weighted by Crippen LogP contribution is -2.45. The minimum absolute atomic E-state index is 0.184. The lowest BCUT2D eigenvalue weighted by atomic mass is 10.1. The Hall–Kier alpha value is -2.28. The van der Waals surface area contributed by atoms with Gasteiger partial charge in [-0.1, -0.05) is 0 Å². The highest BCUT2D eigenvalue weighted by Gasteiger charge is 2.31. The molecule has 0 heterocycles. The first kappa shape index (κ1) is 17.5. The third kappa shape index (κ3) is 5.09. The number of carbonyl (C=O) groups is 2. The van der Waals surface area contributed by atoms with Crippen LogP contribution in [0.4, 0.5) is 4.79 Å². The normalized spacial score (nSPS) is 16.4. The van der Waals surface area contributed by atoms with Crippen LogP contribution in [0.15, 0.2) is 18.2 Å². The molecule has 0 radical (unpaired) electrons. The summed E-state index contributed by atoms with van der Waals surface area (Å²) in [5, 5.41) is 5.17. The van der Waals surface area contributed by atoms with Crippen LogP contribution in [-0.4, -0.2) is 49.7 Å². The van der Waals surface area contributed by atoms with Crippen LogP contribution in [0.5, 0.6) is 11.5 Å². The molecule has 2 fully saturated rings. The highest BCUT2D eigenvalue weighted by atomic mass is 16.5. The monoisotopic (exact) mass is 347 g/mol. The summed E-state index contributed by atoms with van der Waals surface area (Å²) in [6.45, 7) is 0.756. The second kappa shape index (κ2) is 7.74. The van der Waals surface area contributed by atoms with E-state index in [1.165, 1.54) is 0 Å². The zero-order valence-electron chi connectivity index (χ0n) is 14.7. The summed E-state index contributed by atoms with van der Waals surface area (Å²) in [6.07, 6.45) is 4.11. The molecule has 1 aromatic carbocycles. The fourth-order valence-electron chi connectivity index (χ4n) is 2.78. The Morgan fingerprint density at radius 3 is 2.52 bits per heavy atom. The third-order valence-electron chi connectivity index (χ3n) is 4.44. The van der Waals surface area contributed by atoms with Gasteiger partial charge in [0.1, 0.15) is 11.5 Å². The molecule has 7 heteroatoms. The van der Waals surface area contributed by atoms with Gasteiger partial charge in [0.2, 0.25) is 5.91 Å². The van der Waals surface area contributed by atoms with Crippen LogP contribution < -0.4 is 20.1 Å². The first-order valence-corrected chi connectivity index (χ1v) is 8.64. The maximum Gasteiger partial charge on any atom is 0.321 e. The summed E-state index contributed by atoms with van der Waals surface area (Å²) in [5.41, 5.74) is 0.962. The molecule has 1 aromatic rings. The summed E-state index contributed by atoms with van der Waals surface area (Å²) in [4.78, 5) is 26.0. The van der Waals surface area contributed by atoms with Crippen molar-refractivity contribution in [1.29, 1.82) is 0 Å². The molecule has 2 aliphatic rings. The lowest BCUT2D eigenvalue weighted by molar-refractivity contribution is -0.121. The molecule has 0 atom stereocenters. The van der Waals surface area contributed by atoms with E-state index in [1.54, 1.807) is 14.2 Å². The van der Waals surface area contributed by atoms with Gasteiger partial charge in [-0.25, -0.2) is 4.79 Å². The molecule has 2 saturated carbocycles. The summed E-state index contributed by atoms with van der Waals surface area (Å²) in [6, 6.07) is 5.83. The number of methoxy groups -OCH3 is 2. The summed E-state index contributed by atoms with van der Waals surface area (Å²) < 4.78 is 10.7. The smallest absolute Gasteiger partial charge is 0.321 e. The highest BCUT2D eigenvalue weighted by Crippen LogP contribution is 2.31. The number of imide groups is 1. The van der Waals surface area contributed by atoms with Crippen molar-refractivity contribution in [2.45, 2.75) is 44.3 Å². The van der Waals surface area contributed by atoms with Gasteiger partial charge in [-0.2, -0.15) is 0 Å². The third-order valence-corrected chi connectivity index (χ3v) is 4.44. The summed E-state index contributed by atoms with van der Waals surface area (Å²) >= 11 is 0. The van der Waals surface area contributed by atoms with Gasteiger partial charge in [0.05, 0.1) is 20.8 Å². The van der Waals surface area contributed by atoms with E-state index in [9.17, 15) is 9.59 Å². The highest BCUT2D eigenvalue weighted by molar-refractivity contribution is 5.95. The number of benzene rings is 1. The van der Waals surface area contributed by atoms with Gasteiger partial charge in [-0.15, -0.1) is 0 Å². The van der Waals surface area contributed by atoms with Crippen molar-refractivity contribution in [2.75, 3.05) is 20.8 Å². The fraction of sp³-hybridized carbons (Fsp3) is 0.556. The predicted octanol–water partition coefficient (Wildman–Crippen LogP) is 1.66. The van der Waals surface area contributed by atoms with Crippen molar-refractivity contribution in [3.05, 3.63) is 23.8 Å². The van der Waals surface area contributed by atoms with E-state index in [1.807, 2.05) is 18.2 Å². The Bertz CT molecular complexity index is 641. The summed E-state index contributed by atoms with van der Waals surface area (Å²) in [5.74, 6) is 1.23. The van der Waals surface area contributed by atoms with Crippen LogP contribution in [0.1, 0.15) is 31.2 Å². The lowest BCUT2D eigenvalue weighted by Gasteiger charge is -2.22. The molecule has 0 spiro atoms. The molecular formula is C18H25N3O4. The molecule has 2 aliphatic carbocycles. The Morgan fingerprint density at radius 2 is 1.92 bits per heavy atom. The zero-order valence-corrected chi connectivity index (χ0v) is 14.7. The molecular weight excluding hydrogens is 322 g/mol. The van der Waals surface area contributed by atoms with Gasteiger partial charge in [-0.3, -0.25) is 15.0 Å². The topological polar surface area (TPSA) is 79.9 Å². The Kier molecular flexibility index (Phi) is 5.43. The molecule has 136 valence electrons. The maximum atomic E-state index is 12.2. The van der Waals surface area contributed by atoms with Crippen LogP contribution >= 0.6 is 0 Å². The predicted molar refractivity (Wildman–Crippen MR) is 92.7 cm³/mol. The first-order chi connectivity index (χ1) is 12.1. The van der Waals surface area contributed by atoms with Crippen molar-refractivity contribution >= 4 is 11.9 Å². The van der Waals surface area contributed by atoms with Crippen LogP contribution in [0.3, 0.4) is 0 Å². The van der Waals surface area contributed by atoms with E-state index in [4.69, 9.17) is 9.47 Å². The van der Waals surface area contributed by atoms with Crippen molar-refractivity contribution < 1.29 is 19.1 Å². The van der Waals surface area contributed by atoms with Gasteiger partial charge < -0.3 is 14.8 Å². The number of hydrogen-bond donors (Lipinski definition) is 2. The van der Waals surface area contributed by atoms with Crippen LogP contribution in [0.25, 0.3) is 0 Å². The molecule has 3 amide bonds. The van der Waals surface area contributed by atoms with Crippen LogP contribution in [0.2, 0.25) is 0 Å². The van der Waals surface area contributed by atoms with Gasteiger partial charge in [0.15, 0.2) is 0 Å². The number of nitrogens with one attached hydrogen (secondary N) is 2. The largest absolute Gasteiger partial charge is 0.497 e. The maximum absolute atomic E-state index is 12.2. The minimum atomic E-state index is -0.401. The van der Waals surface area contributed by atoms with Gasteiger partial charge in [0.25, 0.3) is 0 Å². The van der Waals surface area contributed by atoms with E-state index >= 15 is 0 Å². The van der Waals surface area contributed by atoms with E-state index in [2.05, 4.69) is 15.5 Å². The van der Waals surface area contributed by atoms with Crippen LogP contribution in [0, 0.1) is 0 Å². The molecule has 0 saturated heterocycles. The van der Waals surface area contributed by atoms with Crippen molar-refractivity contribution in [2.24, 2.45) is 0 Å². The number of nitrogens with zero attached hydrogens (tertiary/aromatic N) is 1. The zero-order chi connectivity index (χ0) is 17.8. The Balaban J connectivity index is 1.61. The second-order valence-electron chi connectivity index (χ2n) is 6.61. The molecule has 7 nitrogen and oxygen atoms in total. The molecule has 0 aromatic heterocycles. The minimum Gasteiger partial charge on any atom is -0.497 e. The molecule has 3 rings (SSSR count). The molecule has 0 unspecified atom stereocenters. The number of amides is 3. The van der Waals surface area contributed by atoms with E-state index in [0.717, 1.165) is 42.7 Å². The van der Waals surface area contributed by atoms with Gasteiger partial charge in [-0.05, 0) is 43.9 Å². The summed E-state index contributed by atoms with van der Waals surface area (Å²) in [7, 11) is 3.25. The van der Waals surface area contributed by atoms with Crippen molar-refractivity contribution in [1.82, 2.24) is 15.5 Å². The van der Waals surface area contributed by atoms with Crippen LogP contribution in [-0.2, 0) is 11.3 Å². The molecule has 2 N–H and O–H groups in total. The first-order valence-electron chi connectivity index (χ1n) is 8.64. The molecule has 0 bridgehead atoms. The number of carbonyl (C=O) groups excluding carboxylic acids is 2. The number of hydrogen-bond acceptors (Lipinski definition) is 5. The number of ether oxygens (including phenoxy) is 2. The standard InChI is InChI=1S/C18H25N3O4/c1-24-15-7-8-16(25-2)12(9-15)10-21(14-5-6-14)11-17(22)20-18(23)19-13-3-4-13/h7-9,13-14H,3-6,10-11H2,1-2H3,(H2,19,20,22,23). The fourth-order valence-corrected chi connectivity index (χ4v) is 2.78. The molecule has 0 aliphatic heterocycles. The number of urea groups is 1. The Labute approximate surface area is 147 Å². The van der Waals surface area contributed by atoms with E-state index in [-0.39, 0.29) is 18.5 Å². The van der Waals surface area contributed by atoms with Crippen molar-refractivity contribution in [3.63, 3.8) is 0 Å². The second-order valence-corrected chi connectivity index (χ2v) is 6.61. The van der Waals surface area contributed by atoms with E-state index < -0.39 is 6.03 Å². The average Bonchev–Trinajstić information content (AvgIpc) is 3.47. The van der Waals surface area contributed by atoms with Gasteiger partial charge in [0, 0.05) is 24.2 Å². The van der Waals surface area contributed by atoms with E-state index in [0.29, 0.717) is 12.6 Å².